The van der Waals surface area contributed by atoms with Crippen LogP contribution in [0, 0.1) is 0 Å². The summed E-state index contributed by atoms with van der Waals surface area (Å²) in [5, 5.41) is 2.96. The van der Waals surface area contributed by atoms with Gasteiger partial charge in [0.05, 0.1) is 19.3 Å². The Bertz CT molecular complexity index is 658. The van der Waals surface area contributed by atoms with E-state index >= 15 is 0 Å². The second-order valence-electron chi connectivity index (χ2n) is 14.5. The van der Waals surface area contributed by atoms with Crippen LogP contribution >= 0.6 is 0 Å². The monoisotopic (exact) mass is 681 g/mol. The van der Waals surface area contributed by atoms with Crippen molar-refractivity contribution >= 4 is 6.09 Å². The molecule has 6 nitrogen and oxygen atoms in total. The predicted octanol–water partition coefficient (Wildman–Crippen LogP) is 12.2. The van der Waals surface area contributed by atoms with Gasteiger partial charge in [-0.05, 0) is 52.6 Å². The zero-order valence-electron chi connectivity index (χ0n) is 32.9. The first kappa shape index (κ1) is 46.9. The number of likely N-dealkylation sites (N-methyl/N-ethyl adjacent to an activating group) is 1. The van der Waals surface area contributed by atoms with Gasteiger partial charge in [0.1, 0.15) is 6.61 Å². The summed E-state index contributed by atoms with van der Waals surface area (Å²) in [6, 6.07) is -0.183. The molecule has 1 atom stereocenters. The van der Waals surface area contributed by atoms with Crippen molar-refractivity contribution in [2.24, 2.45) is 0 Å². The minimum atomic E-state index is -0.386. The molecule has 1 N–H and O–H groups in total. The lowest BCUT2D eigenvalue weighted by Gasteiger charge is -2.19. The molecule has 0 aromatic carbocycles. The van der Waals surface area contributed by atoms with Crippen molar-refractivity contribution in [3.8, 4) is 0 Å². The SMILES string of the molecule is CCCCCCCCC=CCCCCCCCCOCC(COCCCCCCCCCCCCCCCC)NC(=O)OCCN(C)C. The van der Waals surface area contributed by atoms with Gasteiger partial charge in [-0.2, -0.15) is 0 Å². The number of amides is 1. The van der Waals surface area contributed by atoms with Gasteiger partial charge in [-0.3, -0.25) is 0 Å². The van der Waals surface area contributed by atoms with Crippen LogP contribution in [0.5, 0.6) is 0 Å². The van der Waals surface area contributed by atoms with Crippen LogP contribution in [0.15, 0.2) is 12.2 Å². The smallest absolute Gasteiger partial charge is 0.407 e. The van der Waals surface area contributed by atoms with E-state index in [0.717, 1.165) is 26.1 Å². The van der Waals surface area contributed by atoms with Crippen LogP contribution in [0.25, 0.3) is 0 Å². The van der Waals surface area contributed by atoms with Crippen molar-refractivity contribution in [2.75, 3.05) is 53.7 Å². The Morgan fingerprint density at radius 3 is 1.25 bits per heavy atom. The van der Waals surface area contributed by atoms with E-state index in [4.69, 9.17) is 14.2 Å². The maximum absolute atomic E-state index is 12.3. The van der Waals surface area contributed by atoms with Gasteiger partial charge in [-0.15, -0.1) is 0 Å². The van der Waals surface area contributed by atoms with Crippen molar-refractivity contribution in [3.63, 3.8) is 0 Å². The second-order valence-corrected chi connectivity index (χ2v) is 14.5. The summed E-state index contributed by atoms with van der Waals surface area (Å²) in [5.41, 5.74) is 0. The van der Waals surface area contributed by atoms with Gasteiger partial charge in [0, 0.05) is 19.8 Å². The van der Waals surface area contributed by atoms with E-state index in [1.54, 1.807) is 0 Å². The molecule has 1 unspecified atom stereocenters. The predicted molar refractivity (Wildman–Crippen MR) is 208 cm³/mol. The summed E-state index contributed by atoms with van der Waals surface area (Å²) in [6.45, 7) is 8.05. The number of alkyl carbamates (subject to hydrolysis) is 1. The molecule has 0 aliphatic carbocycles. The molecule has 0 heterocycles. The number of unbranched alkanes of at least 4 members (excludes halogenated alkanes) is 25. The second kappa shape index (κ2) is 40.3. The third-order valence-electron chi connectivity index (χ3n) is 9.17. The van der Waals surface area contributed by atoms with Crippen LogP contribution in [0.1, 0.15) is 194 Å². The van der Waals surface area contributed by atoms with Gasteiger partial charge < -0.3 is 24.4 Å². The maximum Gasteiger partial charge on any atom is 0.407 e. The van der Waals surface area contributed by atoms with Crippen LogP contribution in [0.4, 0.5) is 4.79 Å². The molecule has 1 amide bonds. The first-order chi connectivity index (χ1) is 23.6. The van der Waals surface area contributed by atoms with E-state index in [0.29, 0.717) is 26.4 Å². The fraction of sp³-hybridized carbons (Fsp3) is 0.929. The van der Waals surface area contributed by atoms with Crippen molar-refractivity contribution in [1.29, 1.82) is 0 Å². The van der Waals surface area contributed by atoms with Crippen LogP contribution < -0.4 is 5.32 Å². The Kier molecular flexibility index (Phi) is 39.4. The van der Waals surface area contributed by atoms with E-state index in [9.17, 15) is 4.79 Å². The number of nitrogens with zero attached hydrogens (tertiary/aromatic N) is 1. The Morgan fingerprint density at radius 1 is 0.521 bits per heavy atom. The molecule has 0 aliphatic rings. The molecule has 0 saturated carbocycles. The zero-order chi connectivity index (χ0) is 35.0. The van der Waals surface area contributed by atoms with Gasteiger partial charge in [-0.1, -0.05) is 167 Å². The quantitative estimate of drug-likeness (QED) is 0.0517. The molecule has 0 rings (SSSR count). The number of nitrogens with one attached hydrogen (secondary N) is 1. The number of rotatable bonds is 39. The van der Waals surface area contributed by atoms with E-state index in [1.165, 1.54) is 167 Å². The number of hydrogen-bond acceptors (Lipinski definition) is 5. The largest absolute Gasteiger partial charge is 0.448 e. The van der Waals surface area contributed by atoms with Gasteiger partial charge in [-0.25, -0.2) is 4.79 Å². The van der Waals surface area contributed by atoms with Gasteiger partial charge in [0.2, 0.25) is 0 Å². The lowest BCUT2D eigenvalue weighted by Crippen LogP contribution is -2.42. The van der Waals surface area contributed by atoms with E-state index in [-0.39, 0.29) is 12.1 Å². The van der Waals surface area contributed by atoms with E-state index < -0.39 is 0 Å². The molecule has 6 heteroatoms. The van der Waals surface area contributed by atoms with Gasteiger partial charge in [0.15, 0.2) is 0 Å². The lowest BCUT2D eigenvalue weighted by atomic mass is 10.0. The van der Waals surface area contributed by atoms with Crippen molar-refractivity contribution in [3.05, 3.63) is 12.2 Å². The molecule has 0 bridgehead atoms. The minimum absolute atomic E-state index is 0.183. The lowest BCUT2D eigenvalue weighted by molar-refractivity contribution is 0.0487. The van der Waals surface area contributed by atoms with Crippen LogP contribution in [0.3, 0.4) is 0 Å². The first-order valence-corrected chi connectivity index (χ1v) is 21.0. The molecule has 0 saturated heterocycles. The highest BCUT2D eigenvalue weighted by Gasteiger charge is 2.14. The molecular formula is C42H84N2O4. The molecule has 0 aromatic heterocycles. The average Bonchev–Trinajstić information content (AvgIpc) is 3.07. The van der Waals surface area contributed by atoms with Crippen LogP contribution in [-0.2, 0) is 14.2 Å². The maximum atomic E-state index is 12.3. The average molecular weight is 681 g/mol. The molecular weight excluding hydrogens is 596 g/mol. The summed E-state index contributed by atoms with van der Waals surface area (Å²) in [6.07, 6.45) is 41.6. The molecule has 0 aromatic rings. The molecule has 0 fully saturated rings. The zero-order valence-corrected chi connectivity index (χ0v) is 32.9. The Hall–Kier alpha value is -1.11. The highest BCUT2D eigenvalue weighted by atomic mass is 16.6. The molecule has 286 valence electrons. The van der Waals surface area contributed by atoms with Crippen molar-refractivity contribution in [2.45, 2.75) is 200 Å². The molecule has 48 heavy (non-hydrogen) atoms. The normalized spacial score (nSPS) is 12.4. The Balaban J connectivity index is 3.87. The number of allylic oxidation sites excluding steroid dienone is 2. The molecule has 0 spiro atoms. The highest BCUT2D eigenvalue weighted by molar-refractivity contribution is 5.67. The Labute approximate surface area is 300 Å². The Morgan fingerprint density at radius 2 is 0.875 bits per heavy atom. The number of ether oxygens (including phenoxy) is 3. The third kappa shape index (κ3) is 39.3. The number of carbonyl (C=O) groups excluding carboxylic acids is 1. The third-order valence-corrected chi connectivity index (χ3v) is 9.17. The van der Waals surface area contributed by atoms with Gasteiger partial charge in [0.25, 0.3) is 0 Å². The number of hydrogen-bond donors (Lipinski definition) is 1. The fourth-order valence-electron chi connectivity index (χ4n) is 5.96. The summed E-state index contributed by atoms with van der Waals surface area (Å²) < 4.78 is 17.3. The van der Waals surface area contributed by atoms with Gasteiger partial charge >= 0.3 is 6.09 Å². The molecule has 0 aliphatic heterocycles. The minimum Gasteiger partial charge on any atom is -0.448 e. The van der Waals surface area contributed by atoms with Crippen LogP contribution in [-0.4, -0.2) is 70.7 Å². The van der Waals surface area contributed by atoms with Crippen molar-refractivity contribution < 1.29 is 19.0 Å². The topological polar surface area (TPSA) is 60.0 Å². The summed E-state index contributed by atoms with van der Waals surface area (Å²) in [5.74, 6) is 0. The standard InChI is InChI=1S/C42H84N2O4/c1-5-7-9-11-13-15-17-19-21-22-24-26-28-30-32-34-37-47-40-41(43-42(45)48-38-35-44(3)4)39-46-36-33-31-29-27-25-23-20-18-16-14-12-10-8-6-2/h19,21,41H,5-18,20,22-40H2,1-4H3,(H,43,45). The highest BCUT2D eigenvalue weighted by Crippen LogP contribution is 2.13. The molecule has 0 radical (unpaired) electrons. The first-order valence-electron chi connectivity index (χ1n) is 21.0. The number of carbonyl (C=O) groups is 1. The fourth-order valence-corrected chi connectivity index (χ4v) is 5.96. The van der Waals surface area contributed by atoms with Crippen molar-refractivity contribution in [1.82, 2.24) is 10.2 Å². The van der Waals surface area contributed by atoms with Crippen LogP contribution in [0.2, 0.25) is 0 Å². The summed E-state index contributed by atoms with van der Waals surface area (Å²) in [4.78, 5) is 14.3. The van der Waals surface area contributed by atoms with E-state index in [1.807, 2.05) is 19.0 Å². The van der Waals surface area contributed by atoms with E-state index in [2.05, 4.69) is 31.3 Å². The summed E-state index contributed by atoms with van der Waals surface area (Å²) in [7, 11) is 3.94. The summed E-state index contributed by atoms with van der Waals surface area (Å²) >= 11 is 0.